The number of benzene rings is 1. The van der Waals surface area contributed by atoms with Gasteiger partial charge >= 0.3 is 0 Å². The average Bonchev–Trinajstić information content (AvgIpc) is 2.38. The SMILES string of the molecule is COc1cc(C)cc(C)c1CCC1CCCNC1. The molecule has 1 unspecified atom stereocenters. The minimum Gasteiger partial charge on any atom is -0.496 e. The maximum atomic E-state index is 5.53. The molecule has 0 bridgehead atoms. The van der Waals surface area contributed by atoms with Gasteiger partial charge in [-0.25, -0.2) is 0 Å². The van der Waals surface area contributed by atoms with Gasteiger partial charge in [-0.3, -0.25) is 0 Å². The number of aryl methyl sites for hydroxylation is 2. The van der Waals surface area contributed by atoms with Crippen LogP contribution in [0.5, 0.6) is 5.75 Å². The Kier molecular flexibility index (Phi) is 4.65. The second-order valence-corrected chi connectivity index (χ2v) is 5.51. The van der Waals surface area contributed by atoms with Gasteiger partial charge < -0.3 is 10.1 Å². The summed E-state index contributed by atoms with van der Waals surface area (Å²) in [6.45, 7) is 6.71. The molecule has 2 rings (SSSR count). The lowest BCUT2D eigenvalue weighted by Gasteiger charge is -2.23. The zero-order chi connectivity index (χ0) is 13.0. The third-order valence-corrected chi connectivity index (χ3v) is 4.00. The lowest BCUT2D eigenvalue weighted by Crippen LogP contribution is -2.30. The van der Waals surface area contributed by atoms with Crippen LogP contribution in [0.1, 0.15) is 36.0 Å². The molecule has 1 aromatic carbocycles. The van der Waals surface area contributed by atoms with Crippen molar-refractivity contribution >= 4 is 0 Å². The van der Waals surface area contributed by atoms with Crippen LogP contribution in [0.15, 0.2) is 12.1 Å². The Balaban J connectivity index is 2.03. The van der Waals surface area contributed by atoms with Gasteiger partial charge in [0.1, 0.15) is 5.75 Å². The van der Waals surface area contributed by atoms with Gasteiger partial charge in [0.05, 0.1) is 7.11 Å². The number of nitrogens with one attached hydrogen (secondary N) is 1. The molecular formula is C16H25NO. The number of rotatable bonds is 4. The molecule has 1 fully saturated rings. The van der Waals surface area contributed by atoms with Gasteiger partial charge in [0, 0.05) is 0 Å². The summed E-state index contributed by atoms with van der Waals surface area (Å²) in [7, 11) is 1.78. The third kappa shape index (κ3) is 3.26. The van der Waals surface area contributed by atoms with Crippen molar-refractivity contribution in [3.05, 3.63) is 28.8 Å². The maximum absolute atomic E-state index is 5.53. The van der Waals surface area contributed by atoms with Gasteiger partial charge in [0.2, 0.25) is 0 Å². The summed E-state index contributed by atoms with van der Waals surface area (Å²) < 4.78 is 5.53. The summed E-state index contributed by atoms with van der Waals surface area (Å²) in [5.41, 5.74) is 4.05. The number of methoxy groups -OCH3 is 1. The second kappa shape index (κ2) is 6.24. The van der Waals surface area contributed by atoms with Crippen molar-refractivity contribution in [2.45, 2.75) is 39.5 Å². The molecule has 0 aliphatic carbocycles. The van der Waals surface area contributed by atoms with E-state index >= 15 is 0 Å². The van der Waals surface area contributed by atoms with E-state index in [1.54, 1.807) is 7.11 Å². The van der Waals surface area contributed by atoms with Crippen molar-refractivity contribution in [1.82, 2.24) is 5.32 Å². The van der Waals surface area contributed by atoms with Gasteiger partial charge in [0.15, 0.2) is 0 Å². The van der Waals surface area contributed by atoms with Gasteiger partial charge in [0.25, 0.3) is 0 Å². The second-order valence-electron chi connectivity index (χ2n) is 5.51. The predicted octanol–water partition coefficient (Wildman–Crippen LogP) is 3.24. The van der Waals surface area contributed by atoms with E-state index in [9.17, 15) is 0 Å². The summed E-state index contributed by atoms with van der Waals surface area (Å²) >= 11 is 0. The first-order valence-electron chi connectivity index (χ1n) is 7.05. The molecule has 1 N–H and O–H groups in total. The molecule has 100 valence electrons. The van der Waals surface area contributed by atoms with Crippen LogP contribution in [-0.2, 0) is 6.42 Å². The molecule has 2 heteroatoms. The normalized spacial score (nSPS) is 19.8. The van der Waals surface area contributed by atoms with Crippen LogP contribution in [-0.4, -0.2) is 20.2 Å². The summed E-state index contributed by atoms with van der Waals surface area (Å²) in [6.07, 6.45) is 5.11. The van der Waals surface area contributed by atoms with Crippen molar-refractivity contribution in [2.24, 2.45) is 5.92 Å². The lowest BCUT2D eigenvalue weighted by atomic mass is 9.91. The first-order chi connectivity index (χ1) is 8.70. The Morgan fingerprint density at radius 2 is 2.17 bits per heavy atom. The number of ether oxygens (including phenoxy) is 1. The smallest absolute Gasteiger partial charge is 0.122 e. The minimum absolute atomic E-state index is 0.837. The van der Waals surface area contributed by atoms with Crippen molar-refractivity contribution in [3.63, 3.8) is 0 Å². The first-order valence-corrected chi connectivity index (χ1v) is 7.05. The molecule has 1 aromatic rings. The molecule has 2 nitrogen and oxygen atoms in total. The fourth-order valence-corrected chi connectivity index (χ4v) is 2.98. The van der Waals surface area contributed by atoms with Crippen LogP contribution < -0.4 is 10.1 Å². The Bertz CT molecular complexity index is 394. The van der Waals surface area contributed by atoms with Crippen LogP contribution in [0.2, 0.25) is 0 Å². The monoisotopic (exact) mass is 247 g/mol. The molecule has 1 heterocycles. The standard InChI is InChI=1S/C16H25NO/c1-12-9-13(2)15(16(10-12)18-3)7-6-14-5-4-8-17-11-14/h9-10,14,17H,4-8,11H2,1-3H3. The van der Waals surface area contributed by atoms with E-state index in [0.717, 1.165) is 18.1 Å². The Hall–Kier alpha value is -1.02. The van der Waals surface area contributed by atoms with Crippen LogP contribution in [0, 0.1) is 19.8 Å². The number of piperidine rings is 1. The molecule has 18 heavy (non-hydrogen) atoms. The third-order valence-electron chi connectivity index (χ3n) is 4.00. The van der Waals surface area contributed by atoms with Crippen molar-refractivity contribution in [3.8, 4) is 5.75 Å². The van der Waals surface area contributed by atoms with Gasteiger partial charge in [-0.15, -0.1) is 0 Å². The van der Waals surface area contributed by atoms with E-state index < -0.39 is 0 Å². The summed E-state index contributed by atoms with van der Waals surface area (Å²) in [4.78, 5) is 0. The zero-order valence-corrected chi connectivity index (χ0v) is 11.9. The molecular weight excluding hydrogens is 222 g/mol. The van der Waals surface area contributed by atoms with Crippen LogP contribution in [0.3, 0.4) is 0 Å². The highest BCUT2D eigenvalue weighted by Gasteiger charge is 2.15. The first kappa shape index (κ1) is 13.4. The molecule has 0 spiro atoms. The van der Waals surface area contributed by atoms with E-state index in [2.05, 4.69) is 31.3 Å². The summed E-state index contributed by atoms with van der Waals surface area (Å²) in [5, 5.41) is 3.49. The Morgan fingerprint density at radius 3 is 2.83 bits per heavy atom. The molecule has 1 aliphatic heterocycles. The van der Waals surface area contributed by atoms with E-state index in [1.165, 1.54) is 49.0 Å². The molecule has 1 saturated heterocycles. The van der Waals surface area contributed by atoms with Gasteiger partial charge in [-0.05, 0) is 81.3 Å². The Morgan fingerprint density at radius 1 is 1.33 bits per heavy atom. The minimum atomic E-state index is 0.837. The quantitative estimate of drug-likeness (QED) is 0.882. The van der Waals surface area contributed by atoms with Crippen LogP contribution in [0.4, 0.5) is 0 Å². The van der Waals surface area contributed by atoms with E-state index in [1.807, 2.05) is 0 Å². The fourth-order valence-electron chi connectivity index (χ4n) is 2.98. The summed E-state index contributed by atoms with van der Waals surface area (Å²) in [5.74, 6) is 1.90. The fraction of sp³-hybridized carbons (Fsp3) is 0.625. The largest absolute Gasteiger partial charge is 0.496 e. The van der Waals surface area contributed by atoms with E-state index in [0.29, 0.717) is 0 Å². The molecule has 1 aliphatic rings. The number of hydrogen-bond donors (Lipinski definition) is 1. The lowest BCUT2D eigenvalue weighted by molar-refractivity contribution is 0.354. The van der Waals surface area contributed by atoms with Crippen molar-refractivity contribution in [2.75, 3.05) is 20.2 Å². The van der Waals surface area contributed by atoms with Crippen molar-refractivity contribution in [1.29, 1.82) is 0 Å². The highest BCUT2D eigenvalue weighted by Crippen LogP contribution is 2.27. The van der Waals surface area contributed by atoms with Crippen molar-refractivity contribution < 1.29 is 4.74 Å². The molecule has 1 atom stereocenters. The van der Waals surface area contributed by atoms with Gasteiger partial charge in [-0.1, -0.05) is 6.07 Å². The zero-order valence-electron chi connectivity index (χ0n) is 11.9. The average molecular weight is 247 g/mol. The molecule has 0 radical (unpaired) electrons. The highest BCUT2D eigenvalue weighted by atomic mass is 16.5. The van der Waals surface area contributed by atoms with Crippen LogP contribution in [0.25, 0.3) is 0 Å². The predicted molar refractivity (Wildman–Crippen MR) is 76.4 cm³/mol. The van der Waals surface area contributed by atoms with Gasteiger partial charge in [-0.2, -0.15) is 0 Å². The number of hydrogen-bond acceptors (Lipinski definition) is 2. The Labute approximate surface area is 111 Å². The van der Waals surface area contributed by atoms with Crippen LogP contribution >= 0.6 is 0 Å². The summed E-state index contributed by atoms with van der Waals surface area (Å²) in [6, 6.07) is 4.42. The topological polar surface area (TPSA) is 21.3 Å². The molecule has 0 aromatic heterocycles. The molecule has 0 saturated carbocycles. The maximum Gasteiger partial charge on any atom is 0.122 e. The highest BCUT2D eigenvalue weighted by molar-refractivity contribution is 5.43. The molecule has 0 amide bonds. The van der Waals surface area contributed by atoms with E-state index in [4.69, 9.17) is 4.74 Å². The van der Waals surface area contributed by atoms with E-state index in [-0.39, 0.29) is 0 Å².